The average molecular weight is 366 g/mol. The molecule has 0 aliphatic carbocycles. The zero-order valence-electron chi connectivity index (χ0n) is 13.8. The van der Waals surface area contributed by atoms with Gasteiger partial charge in [-0.15, -0.1) is 0 Å². The summed E-state index contributed by atoms with van der Waals surface area (Å²) in [5, 5.41) is 9.35. The second-order valence-corrected chi connectivity index (χ2v) is 6.69. The second kappa shape index (κ2) is 7.44. The van der Waals surface area contributed by atoms with E-state index in [0.29, 0.717) is 11.1 Å². The minimum atomic E-state index is -2.83. The molecule has 0 spiro atoms. The van der Waals surface area contributed by atoms with Crippen LogP contribution in [0.3, 0.4) is 0 Å². The first-order valence-electron chi connectivity index (χ1n) is 8.02. The number of halogens is 3. The number of benzene rings is 1. The summed E-state index contributed by atoms with van der Waals surface area (Å²) < 4.78 is 29.0. The van der Waals surface area contributed by atoms with Crippen molar-refractivity contribution in [2.24, 2.45) is 22.1 Å². The maximum absolute atomic E-state index is 12.3. The van der Waals surface area contributed by atoms with Crippen LogP contribution in [0.2, 0.25) is 5.15 Å². The summed E-state index contributed by atoms with van der Waals surface area (Å²) >= 11 is 5.86. The molecule has 1 aliphatic rings. The lowest BCUT2D eigenvalue weighted by molar-refractivity contribution is -0.0498. The van der Waals surface area contributed by atoms with Gasteiger partial charge in [-0.2, -0.15) is 19.0 Å². The van der Waals surface area contributed by atoms with Crippen LogP contribution < -0.4 is 4.74 Å². The Morgan fingerprint density at radius 2 is 1.56 bits per heavy atom. The van der Waals surface area contributed by atoms with Gasteiger partial charge in [0.2, 0.25) is 0 Å². The lowest BCUT2D eigenvalue weighted by Crippen LogP contribution is -2.19. The fourth-order valence-electron chi connectivity index (χ4n) is 3.19. The van der Waals surface area contributed by atoms with E-state index in [1.165, 1.54) is 12.1 Å². The van der Waals surface area contributed by atoms with Crippen LogP contribution in [0.1, 0.15) is 37.1 Å². The molecule has 0 radical (unpaired) electrons. The van der Waals surface area contributed by atoms with Gasteiger partial charge >= 0.3 is 6.61 Å². The Kier molecular flexibility index (Phi) is 5.27. The zero-order valence-corrected chi connectivity index (χ0v) is 14.6. The Bertz CT molecular complexity index is 735. The van der Waals surface area contributed by atoms with E-state index in [-0.39, 0.29) is 23.8 Å². The molecule has 0 fully saturated rings. The molecule has 7 heteroatoms. The third-order valence-corrected chi connectivity index (χ3v) is 4.58. The van der Waals surface area contributed by atoms with E-state index in [1.54, 1.807) is 24.4 Å². The molecule has 4 nitrogen and oxygen atoms in total. The van der Waals surface area contributed by atoms with Gasteiger partial charge in [0.05, 0.1) is 0 Å². The highest BCUT2D eigenvalue weighted by molar-refractivity contribution is 6.29. The first-order valence-corrected chi connectivity index (χ1v) is 8.39. The van der Waals surface area contributed by atoms with Crippen LogP contribution in [0, 0.1) is 11.8 Å². The summed E-state index contributed by atoms with van der Waals surface area (Å²) in [6, 6.07) is 10.0. The van der Waals surface area contributed by atoms with E-state index in [9.17, 15) is 8.78 Å². The summed E-state index contributed by atoms with van der Waals surface area (Å²) in [6.07, 6.45) is 1.73. The predicted molar refractivity (Wildman–Crippen MR) is 91.0 cm³/mol. The Hall–Kier alpha value is -2.08. The first-order chi connectivity index (χ1) is 12.0. The van der Waals surface area contributed by atoms with E-state index >= 15 is 0 Å². The number of rotatable bonds is 5. The van der Waals surface area contributed by atoms with Crippen molar-refractivity contribution in [3.8, 4) is 5.75 Å². The number of azo groups is 1. The molecule has 2 aromatic rings. The molecule has 2 heterocycles. The normalized spacial score (nSPS) is 22.8. The van der Waals surface area contributed by atoms with E-state index < -0.39 is 6.61 Å². The van der Waals surface area contributed by atoms with E-state index in [0.717, 1.165) is 11.1 Å². The topological polar surface area (TPSA) is 46.8 Å². The highest BCUT2D eigenvalue weighted by Gasteiger charge is 2.39. The summed E-state index contributed by atoms with van der Waals surface area (Å²) in [5.41, 5.74) is 1.89. The molecule has 0 saturated carbocycles. The van der Waals surface area contributed by atoms with Crippen LogP contribution in [-0.4, -0.2) is 11.6 Å². The smallest absolute Gasteiger partial charge is 0.387 e. The Labute approximate surface area is 149 Å². The van der Waals surface area contributed by atoms with Crippen molar-refractivity contribution >= 4 is 11.6 Å². The van der Waals surface area contributed by atoms with Crippen molar-refractivity contribution in [3.05, 3.63) is 58.9 Å². The first kappa shape index (κ1) is 17.7. The molecule has 132 valence electrons. The Balaban J connectivity index is 1.84. The van der Waals surface area contributed by atoms with Gasteiger partial charge in [0.1, 0.15) is 23.0 Å². The number of aromatic nitrogens is 1. The second-order valence-electron chi connectivity index (χ2n) is 6.30. The molecule has 3 unspecified atom stereocenters. The predicted octanol–water partition coefficient (Wildman–Crippen LogP) is 5.86. The molecule has 1 aromatic heterocycles. The van der Waals surface area contributed by atoms with Crippen LogP contribution >= 0.6 is 11.6 Å². The van der Waals surface area contributed by atoms with Gasteiger partial charge in [-0.1, -0.05) is 43.6 Å². The number of nitrogens with zero attached hydrogens (tertiary/aromatic N) is 3. The quantitative estimate of drug-likeness (QED) is 0.623. The van der Waals surface area contributed by atoms with Crippen LogP contribution in [0.4, 0.5) is 8.78 Å². The van der Waals surface area contributed by atoms with Gasteiger partial charge in [0.15, 0.2) is 0 Å². The molecule has 1 aliphatic heterocycles. The third-order valence-electron chi connectivity index (χ3n) is 4.35. The van der Waals surface area contributed by atoms with E-state index in [4.69, 9.17) is 11.6 Å². The Morgan fingerprint density at radius 1 is 0.960 bits per heavy atom. The van der Waals surface area contributed by atoms with Crippen molar-refractivity contribution < 1.29 is 13.5 Å². The fourth-order valence-corrected chi connectivity index (χ4v) is 3.30. The number of hydrogen-bond donors (Lipinski definition) is 0. The van der Waals surface area contributed by atoms with Crippen molar-refractivity contribution in [1.82, 2.24) is 4.98 Å². The molecule has 25 heavy (non-hydrogen) atoms. The molecule has 3 rings (SSSR count). The van der Waals surface area contributed by atoms with Crippen molar-refractivity contribution in [1.29, 1.82) is 0 Å². The van der Waals surface area contributed by atoms with Crippen molar-refractivity contribution in [2.45, 2.75) is 32.5 Å². The van der Waals surface area contributed by atoms with Gasteiger partial charge in [-0.05, 0) is 35.2 Å². The molecule has 0 saturated heterocycles. The molecule has 0 bridgehead atoms. The fraction of sp³-hybridized carbons (Fsp3) is 0.389. The Morgan fingerprint density at radius 3 is 2.08 bits per heavy atom. The van der Waals surface area contributed by atoms with E-state index in [2.05, 4.69) is 33.8 Å². The van der Waals surface area contributed by atoms with Crippen molar-refractivity contribution in [2.75, 3.05) is 0 Å². The van der Waals surface area contributed by atoms with Crippen LogP contribution in [-0.2, 0) is 0 Å². The summed E-state index contributed by atoms with van der Waals surface area (Å²) in [6.45, 7) is 1.42. The number of ether oxygens (including phenoxy) is 1. The van der Waals surface area contributed by atoms with Gasteiger partial charge in [-0.25, -0.2) is 4.98 Å². The summed E-state index contributed by atoms with van der Waals surface area (Å²) in [5.74, 6) is 0.593. The maximum atomic E-state index is 12.3. The van der Waals surface area contributed by atoms with Crippen LogP contribution in [0.25, 0.3) is 0 Å². The van der Waals surface area contributed by atoms with Crippen LogP contribution in [0.5, 0.6) is 5.75 Å². The minimum absolute atomic E-state index is 0.105. The average Bonchev–Trinajstić information content (AvgIpc) is 3.01. The maximum Gasteiger partial charge on any atom is 0.387 e. The van der Waals surface area contributed by atoms with Gasteiger partial charge in [-0.3, -0.25) is 0 Å². The number of pyridine rings is 1. The third kappa shape index (κ3) is 3.95. The standard InChI is InChI=1S/C18H18ClF2N3O/c1-10(2)15-16(11-3-6-13(7-4-11)25-18(20)21)23-24-17(15)12-5-8-14(19)22-9-12/h3-10,15-18H,1-2H3. The highest BCUT2D eigenvalue weighted by atomic mass is 35.5. The van der Waals surface area contributed by atoms with Gasteiger partial charge in [0.25, 0.3) is 0 Å². The lowest BCUT2D eigenvalue weighted by atomic mass is 9.79. The SMILES string of the molecule is CC(C)C1C(c2ccc(OC(F)F)cc2)N=NC1c1ccc(Cl)nc1. The molecule has 3 atom stereocenters. The molecule has 1 aromatic carbocycles. The highest BCUT2D eigenvalue weighted by Crippen LogP contribution is 2.47. The monoisotopic (exact) mass is 365 g/mol. The minimum Gasteiger partial charge on any atom is -0.435 e. The zero-order chi connectivity index (χ0) is 18.0. The van der Waals surface area contributed by atoms with Gasteiger partial charge < -0.3 is 4.74 Å². The molecule has 0 amide bonds. The van der Waals surface area contributed by atoms with E-state index in [1.807, 2.05) is 6.07 Å². The molecule has 0 N–H and O–H groups in total. The molecular formula is C18H18ClF2N3O. The summed E-state index contributed by atoms with van der Waals surface area (Å²) in [7, 11) is 0. The van der Waals surface area contributed by atoms with Crippen LogP contribution in [0.15, 0.2) is 52.8 Å². The number of hydrogen-bond acceptors (Lipinski definition) is 4. The van der Waals surface area contributed by atoms with Gasteiger partial charge in [0, 0.05) is 12.1 Å². The number of alkyl halides is 2. The van der Waals surface area contributed by atoms with Crippen molar-refractivity contribution in [3.63, 3.8) is 0 Å². The largest absolute Gasteiger partial charge is 0.435 e. The summed E-state index contributed by atoms with van der Waals surface area (Å²) in [4.78, 5) is 4.13. The molecular weight excluding hydrogens is 348 g/mol. The lowest BCUT2D eigenvalue weighted by Gasteiger charge is -2.26.